The molecular weight excluding hydrogens is 1260 g/mol. The highest BCUT2D eigenvalue weighted by atomic mass is 35.5. The third-order valence-corrected chi connectivity index (χ3v) is 16.1. The van der Waals surface area contributed by atoms with Crippen molar-refractivity contribution < 1.29 is 71.2 Å². The molecule has 0 spiro atoms. The maximum Gasteiger partial charge on any atom is 0.471 e. The van der Waals surface area contributed by atoms with Crippen LogP contribution < -0.4 is 21.3 Å². The minimum atomic E-state index is -4.87. The smallest absolute Gasteiger partial charge is 0.471 e. The average Bonchev–Trinajstić information content (AvgIpc) is 2.07. The first-order chi connectivity index (χ1) is 43.2. The predicted octanol–water partition coefficient (Wildman–Crippen LogP) is 13.6. The number of halogens is 9. The van der Waals surface area contributed by atoms with E-state index in [2.05, 4.69) is 49.1 Å². The number of carbonyl (C=O) groups is 4. The molecule has 0 bridgehead atoms. The number of hydrogen-bond donors (Lipinski definition) is 8. The van der Waals surface area contributed by atoms with E-state index >= 15 is 0 Å². The van der Waals surface area contributed by atoms with Crippen molar-refractivity contribution >= 4 is 86.9 Å². The van der Waals surface area contributed by atoms with E-state index in [0.29, 0.717) is 70.9 Å². The number of rotatable bonds is 15. The molecule has 0 fully saturated rings. The molecule has 0 atom stereocenters. The summed E-state index contributed by atoms with van der Waals surface area (Å²) in [6.45, 7) is 11.6. The molecule has 2 amide bonds. The van der Waals surface area contributed by atoms with Gasteiger partial charge in [0.15, 0.2) is 5.78 Å². The molecule has 0 aliphatic carbocycles. The molecule has 0 saturated heterocycles. The van der Waals surface area contributed by atoms with Gasteiger partial charge in [-0.05, 0) is 152 Å². The molecule has 0 saturated carbocycles. The number of alkyl halides is 6. The summed E-state index contributed by atoms with van der Waals surface area (Å²) in [6, 6.07) is 33.7. The minimum absolute atomic E-state index is 0.0128. The molecule has 26 heteroatoms. The molecule has 0 radical (unpaired) electrons. The molecule has 486 valence electrons. The van der Waals surface area contributed by atoms with Crippen LogP contribution in [0.25, 0.3) is 0 Å². The number of nitrogens with one attached hydrogen (secondary N) is 4. The van der Waals surface area contributed by atoms with Gasteiger partial charge in [0.1, 0.15) is 12.2 Å². The van der Waals surface area contributed by atoms with Crippen molar-refractivity contribution in [2.24, 2.45) is 10.3 Å². The summed E-state index contributed by atoms with van der Waals surface area (Å²) in [5.74, 6) is -4.88. The van der Waals surface area contributed by atoms with E-state index in [1.54, 1.807) is 50.2 Å². The Morgan fingerprint density at radius 3 is 1.18 bits per heavy atom. The number of fused-ring (bicyclic) bond motifs is 3. The maximum atomic E-state index is 12.8. The molecule has 3 aliphatic rings. The third kappa shape index (κ3) is 20.8. The fraction of sp³-hybridized carbons (Fsp3) is 0.323. The van der Waals surface area contributed by atoms with E-state index in [1.807, 2.05) is 66.7 Å². The topological polar surface area (TPSA) is 238 Å². The standard InChI is InChI=1S/C21H21ClF3N3O2.C21H20ClF3N2O2.C19H22ClN3O.C4H6O4/c1-13(27-30)15-4-2-14(3-5-15)12-26-19-17-9-11-28(20(29)21(23,24)25)10-8-16(17)6-7-18(19)22;1-13(28)15-4-2-14(3-5-15)12-26-19-17-9-11-27(20(29)21(23,24)25)10-8-16(17)6-7-18(19)22;1-13(23-24)15-4-2-14(3-5-15)12-22-19-17-9-11-21-10-8-16(17)6-7-18(19)20;1-3(8-7)2-4(5)6/h2-7,26,30H,8-12H2,1H3;2-7,26H,8-12H2,1H3;2-7,21-22,24H,8-12H2,1H3;7H,1-2H2,(H,5,6)/b27-13+;;23-13+;. The summed E-state index contributed by atoms with van der Waals surface area (Å²) in [4.78, 5) is 49.5. The zero-order valence-electron chi connectivity index (χ0n) is 49.9. The normalized spacial score (nSPS) is 14.0. The van der Waals surface area contributed by atoms with Crippen molar-refractivity contribution in [1.29, 1.82) is 0 Å². The third-order valence-electron chi connectivity index (χ3n) is 15.1. The van der Waals surface area contributed by atoms with Crippen LogP contribution in [0, 0.1) is 0 Å². The average molecular weight is 1330 g/mol. The lowest BCUT2D eigenvalue weighted by atomic mass is 10.0. The van der Waals surface area contributed by atoms with Crippen molar-refractivity contribution in [1.82, 2.24) is 15.1 Å². The Bertz CT molecular complexity index is 3590. The quantitative estimate of drug-likeness (QED) is 0.00909. The highest BCUT2D eigenvalue weighted by Crippen LogP contribution is 2.36. The van der Waals surface area contributed by atoms with E-state index in [0.717, 1.165) is 96.5 Å². The monoisotopic (exact) mass is 1320 g/mol. The number of benzene rings is 6. The van der Waals surface area contributed by atoms with Gasteiger partial charge in [0, 0.05) is 51.4 Å². The van der Waals surface area contributed by atoms with E-state index < -0.39 is 30.1 Å². The lowest BCUT2D eigenvalue weighted by molar-refractivity contribution is -0.206. The first-order valence-electron chi connectivity index (χ1n) is 28.6. The Hall–Kier alpha value is -8.35. The van der Waals surface area contributed by atoms with Crippen molar-refractivity contribution in [3.63, 3.8) is 0 Å². The van der Waals surface area contributed by atoms with Crippen LogP contribution in [0.5, 0.6) is 0 Å². The molecule has 6 aromatic rings. The van der Waals surface area contributed by atoms with Crippen molar-refractivity contribution in [3.05, 3.63) is 203 Å². The number of oxime groups is 2. The molecule has 3 aliphatic heterocycles. The molecule has 9 rings (SSSR count). The van der Waals surface area contributed by atoms with Crippen LogP contribution in [0.3, 0.4) is 0 Å². The Morgan fingerprint density at radius 1 is 0.527 bits per heavy atom. The molecule has 8 N–H and O–H groups in total. The summed E-state index contributed by atoms with van der Waals surface area (Å²) in [6.07, 6.45) is -6.86. The Morgan fingerprint density at radius 2 is 0.857 bits per heavy atom. The Labute approximate surface area is 537 Å². The SMILES string of the molecule is C/C(=N\O)c1ccc(CNc2c(Cl)ccc3c2CCN(C(=O)C(F)(F)F)CC3)cc1.C/C(=N\O)c1ccc(CNc2c(Cl)ccc3c2CCNCC3)cc1.C=C(CC(=O)O)OO.CC(=O)c1ccc(CNc2c(Cl)ccc3c2CCN(C(=O)C(F)(F)F)CC3)cc1. The van der Waals surface area contributed by atoms with Gasteiger partial charge in [0.25, 0.3) is 0 Å². The van der Waals surface area contributed by atoms with Gasteiger partial charge in [-0.1, -0.05) is 143 Å². The Balaban J connectivity index is 0.000000205. The van der Waals surface area contributed by atoms with Gasteiger partial charge in [-0.3, -0.25) is 19.2 Å². The predicted molar refractivity (Wildman–Crippen MR) is 339 cm³/mol. The van der Waals surface area contributed by atoms with Crippen molar-refractivity contribution in [2.75, 3.05) is 55.2 Å². The zero-order valence-corrected chi connectivity index (χ0v) is 52.2. The lowest BCUT2D eigenvalue weighted by Gasteiger charge is -2.21. The second-order valence-corrected chi connectivity index (χ2v) is 22.5. The summed E-state index contributed by atoms with van der Waals surface area (Å²) in [5, 5.41) is 55.0. The van der Waals surface area contributed by atoms with Crippen LogP contribution in [-0.4, -0.2) is 117 Å². The summed E-state index contributed by atoms with van der Waals surface area (Å²) < 4.78 is 76.7. The number of hydrogen-bond acceptors (Lipinski definition) is 14. The van der Waals surface area contributed by atoms with Crippen LogP contribution in [0.2, 0.25) is 15.1 Å². The van der Waals surface area contributed by atoms with Gasteiger partial charge in [-0.25, -0.2) is 5.26 Å². The molecule has 0 aromatic heterocycles. The van der Waals surface area contributed by atoms with Crippen molar-refractivity contribution in [2.45, 2.75) is 97.7 Å². The minimum Gasteiger partial charge on any atom is -0.481 e. The van der Waals surface area contributed by atoms with Crippen LogP contribution in [0.15, 0.2) is 132 Å². The molecule has 0 unspecified atom stereocenters. The van der Waals surface area contributed by atoms with E-state index in [9.17, 15) is 45.5 Å². The zero-order chi connectivity index (χ0) is 66.6. The van der Waals surface area contributed by atoms with Crippen LogP contribution >= 0.6 is 34.8 Å². The van der Waals surface area contributed by atoms with Crippen molar-refractivity contribution in [3.8, 4) is 0 Å². The van der Waals surface area contributed by atoms with Gasteiger partial charge in [-0.2, -0.15) is 26.3 Å². The van der Waals surface area contributed by atoms with E-state index in [-0.39, 0.29) is 57.0 Å². The second-order valence-electron chi connectivity index (χ2n) is 21.3. The van der Waals surface area contributed by atoms with Gasteiger partial charge < -0.3 is 51.5 Å². The summed E-state index contributed by atoms with van der Waals surface area (Å²) in [5.41, 5.74) is 15.0. The molecule has 17 nitrogen and oxygen atoms in total. The lowest BCUT2D eigenvalue weighted by Crippen LogP contribution is -2.42. The highest BCUT2D eigenvalue weighted by molar-refractivity contribution is 6.34. The van der Waals surface area contributed by atoms with Crippen LogP contribution in [-0.2, 0) is 77.4 Å². The van der Waals surface area contributed by atoms with E-state index in [1.165, 1.54) is 18.1 Å². The number of ketones is 1. The highest BCUT2D eigenvalue weighted by Gasteiger charge is 2.44. The fourth-order valence-electron chi connectivity index (χ4n) is 10.1. The Kier molecular flexibility index (Phi) is 26.5. The van der Waals surface area contributed by atoms with Crippen LogP contribution in [0.1, 0.15) is 98.7 Å². The summed E-state index contributed by atoms with van der Waals surface area (Å²) >= 11 is 19.2. The van der Waals surface area contributed by atoms with Gasteiger partial charge >= 0.3 is 30.1 Å². The number of carbonyl (C=O) groups excluding carboxylic acids is 3. The first-order valence-corrected chi connectivity index (χ1v) is 29.8. The second kappa shape index (κ2) is 33.6. The number of Topliss-reactive ketones (excluding diaryl/α,β-unsaturated/α-hetero) is 1. The number of amides is 2. The molecular formula is C65H69Cl3F6N8O9. The van der Waals surface area contributed by atoms with E-state index in [4.69, 9.17) is 55.6 Å². The largest absolute Gasteiger partial charge is 0.481 e. The first kappa shape index (κ1) is 71.7. The number of nitrogens with zero attached hydrogens (tertiary/aromatic N) is 4. The molecule has 91 heavy (non-hydrogen) atoms. The summed E-state index contributed by atoms with van der Waals surface area (Å²) in [7, 11) is 0. The van der Waals surface area contributed by atoms with Gasteiger partial charge in [0.2, 0.25) is 0 Å². The maximum absolute atomic E-state index is 12.8. The number of carboxylic acid groups (broad SMARTS) is 1. The number of aliphatic carboxylic acids is 1. The number of carboxylic acids is 1. The fourth-order valence-corrected chi connectivity index (χ4v) is 10.9. The number of anilines is 3. The van der Waals surface area contributed by atoms with Crippen LogP contribution in [0.4, 0.5) is 43.4 Å². The molecule has 3 heterocycles. The molecule has 6 aromatic carbocycles. The van der Waals surface area contributed by atoms with Gasteiger partial charge in [0.05, 0.1) is 43.6 Å². The van der Waals surface area contributed by atoms with Gasteiger partial charge in [-0.15, -0.1) is 0 Å².